The van der Waals surface area contributed by atoms with Crippen LogP contribution in [0.3, 0.4) is 0 Å². The Bertz CT molecular complexity index is 412. The number of carbonyl (C=O) groups excluding carboxylic acids is 1. The molecule has 0 radical (unpaired) electrons. The van der Waals surface area contributed by atoms with Gasteiger partial charge >= 0.3 is 0 Å². The number of carbonyl (C=O) groups is 1. The summed E-state index contributed by atoms with van der Waals surface area (Å²) < 4.78 is 0. The lowest BCUT2D eigenvalue weighted by atomic mass is 9.91. The smallest absolute Gasteiger partial charge is 0.185 e. The van der Waals surface area contributed by atoms with Gasteiger partial charge in [0, 0.05) is 29.4 Å². The molecule has 1 aliphatic heterocycles. The molecule has 0 N–H and O–H groups in total. The number of hydrogen-bond donors (Lipinski definition) is 0. The summed E-state index contributed by atoms with van der Waals surface area (Å²) in [7, 11) is 0. The third-order valence-electron chi connectivity index (χ3n) is 3.39. The third kappa shape index (κ3) is 1.84. The van der Waals surface area contributed by atoms with Crippen molar-refractivity contribution in [1.29, 1.82) is 0 Å². The highest BCUT2D eigenvalue weighted by Gasteiger charge is 2.29. The first-order valence-corrected chi connectivity index (χ1v) is 5.79. The number of ketones is 1. The van der Waals surface area contributed by atoms with Crippen LogP contribution >= 0.6 is 0 Å². The van der Waals surface area contributed by atoms with Gasteiger partial charge in [-0.25, -0.2) is 0 Å². The highest BCUT2D eigenvalue weighted by molar-refractivity contribution is 6.08. The molecule has 2 aliphatic rings. The maximum atomic E-state index is 11.8. The van der Waals surface area contributed by atoms with Crippen LogP contribution in [-0.4, -0.2) is 17.2 Å². The highest BCUT2D eigenvalue weighted by atomic mass is 16.1. The molecule has 16 heavy (non-hydrogen) atoms. The van der Waals surface area contributed by atoms with Crippen LogP contribution in [0.25, 0.3) is 0 Å². The molecular weight excluding hydrogens is 198 g/mol. The van der Waals surface area contributed by atoms with E-state index in [-0.39, 0.29) is 11.2 Å². The largest absolute Gasteiger partial charge is 0.350 e. The van der Waals surface area contributed by atoms with Crippen molar-refractivity contribution in [2.24, 2.45) is 5.41 Å². The van der Waals surface area contributed by atoms with E-state index in [0.717, 1.165) is 30.5 Å². The van der Waals surface area contributed by atoms with Crippen LogP contribution in [0, 0.1) is 5.41 Å². The van der Waals surface area contributed by atoms with E-state index in [1.165, 1.54) is 5.70 Å². The van der Waals surface area contributed by atoms with E-state index in [2.05, 4.69) is 37.6 Å². The second-order valence-corrected chi connectivity index (χ2v) is 5.44. The minimum Gasteiger partial charge on any atom is -0.350 e. The second kappa shape index (κ2) is 3.62. The summed E-state index contributed by atoms with van der Waals surface area (Å²) >= 11 is 0. The minimum absolute atomic E-state index is 0.138. The maximum absolute atomic E-state index is 11.8. The Morgan fingerprint density at radius 1 is 1.38 bits per heavy atom. The zero-order chi connectivity index (χ0) is 11.9. The average molecular weight is 217 g/mol. The van der Waals surface area contributed by atoms with Gasteiger partial charge in [0.05, 0.1) is 0 Å². The first kappa shape index (κ1) is 11.2. The van der Waals surface area contributed by atoms with Crippen molar-refractivity contribution in [3.63, 3.8) is 0 Å². The van der Waals surface area contributed by atoms with Crippen molar-refractivity contribution in [1.82, 2.24) is 4.90 Å². The summed E-state index contributed by atoms with van der Waals surface area (Å²) in [4.78, 5) is 14.1. The maximum Gasteiger partial charge on any atom is 0.185 e. The molecule has 0 saturated carbocycles. The van der Waals surface area contributed by atoms with Crippen LogP contribution in [-0.2, 0) is 4.79 Å². The topological polar surface area (TPSA) is 20.3 Å². The van der Waals surface area contributed by atoms with Gasteiger partial charge < -0.3 is 4.90 Å². The Morgan fingerprint density at radius 2 is 2.06 bits per heavy atom. The van der Waals surface area contributed by atoms with Gasteiger partial charge in [-0.05, 0) is 25.3 Å². The van der Waals surface area contributed by atoms with Crippen LogP contribution in [0.4, 0.5) is 0 Å². The Kier molecular flexibility index (Phi) is 2.53. The molecule has 0 aromatic heterocycles. The van der Waals surface area contributed by atoms with E-state index >= 15 is 0 Å². The number of allylic oxidation sites excluding steroid dienone is 3. The van der Waals surface area contributed by atoms with E-state index in [0.29, 0.717) is 0 Å². The van der Waals surface area contributed by atoms with E-state index in [9.17, 15) is 4.79 Å². The summed E-state index contributed by atoms with van der Waals surface area (Å²) in [6, 6.07) is 0. The normalized spacial score (nSPS) is 24.6. The molecule has 0 fully saturated rings. The fourth-order valence-electron chi connectivity index (χ4n) is 2.35. The lowest BCUT2D eigenvalue weighted by Crippen LogP contribution is -2.27. The average Bonchev–Trinajstić information content (AvgIpc) is 2.55. The summed E-state index contributed by atoms with van der Waals surface area (Å²) in [5.41, 5.74) is 3.02. The Morgan fingerprint density at radius 3 is 2.62 bits per heavy atom. The Balaban J connectivity index is 2.26. The number of rotatable bonds is 1. The van der Waals surface area contributed by atoms with E-state index in [4.69, 9.17) is 0 Å². The van der Waals surface area contributed by atoms with Crippen molar-refractivity contribution in [2.45, 2.75) is 33.6 Å². The van der Waals surface area contributed by atoms with E-state index in [1.54, 1.807) is 0 Å². The molecule has 0 unspecified atom stereocenters. The first-order valence-electron chi connectivity index (χ1n) is 5.79. The van der Waals surface area contributed by atoms with Gasteiger partial charge in [0.25, 0.3) is 0 Å². The Hall–Kier alpha value is -1.31. The quantitative estimate of drug-likeness (QED) is 0.629. The summed E-state index contributed by atoms with van der Waals surface area (Å²) in [6.07, 6.45) is 6.06. The monoisotopic (exact) mass is 217 g/mol. The molecule has 0 spiro atoms. The predicted octanol–water partition coefficient (Wildman–Crippen LogP) is 3.04. The number of hydrogen-bond acceptors (Lipinski definition) is 2. The highest BCUT2D eigenvalue weighted by Crippen LogP contribution is 2.34. The molecule has 0 amide bonds. The third-order valence-corrected chi connectivity index (χ3v) is 3.39. The minimum atomic E-state index is 0.138. The van der Waals surface area contributed by atoms with Crippen LogP contribution in [0.2, 0.25) is 0 Å². The lowest BCUT2D eigenvalue weighted by Gasteiger charge is -2.28. The standard InChI is InChI=1S/C14H19NO/c1-10-5-6-12(11(2)13(10)16)15-8-7-14(3,4)9-15/h7-8H,1,5-6,9H2,2-4H3. The van der Waals surface area contributed by atoms with Crippen LogP contribution < -0.4 is 0 Å². The summed E-state index contributed by atoms with van der Waals surface area (Å²) in [5.74, 6) is 0.138. The Labute approximate surface area is 97.3 Å². The van der Waals surface area contributed by atoms with Crippen molar-refractivity contribution in [3.05, 3.63) is 35.7 Å². The van der Waals surface area contributed by atoms with E-state index < -0.39 is 0 Å². The zero-order valence-electron chi connectivity index (χ0n) is 10.3. The van der Waals surface area contributed by atoms with Crippen molar-refractivity contribution >= 4 is 5.78 Å². The van der Waals surface area contributed by atoms with Crippen LogP contribution in [0.1, 0.15) is 33.6 Å². The lowest BCUT2D eigenvalue weighted by molar-refractivity contribution is -0.112. The van der Waals surface area contributed by atoms with Crippen LogP contribution in [0.5, 0.6) is 0 Å². The molecule has 0 aromatic carbocycles. The molecule has 2 rings (SSSR count). The fraction of sp³-hybridized carbons (Fsp3) is 0.500. The molecule has 0 aromatic rings. The van der Waals surface area contributed by atoms with Gasteiger partial charge in [0.1, 0.15) is 0 Å². The van der Waals surface area contributed by atoms with Gasteiger partial charge in [0.2, 0.25) is 0 Å². The molecule has 0 saturated heterocycles. The van der Waals surface area contributed by atoms with Gasteiger partial charge in [-0.3, -0.25) is 4.79 Å². The predicted molar refractivity (Wildman–Crippen MR) is 65.7 cm³/mol. The van der Waals surface area contributed by atoms with Gasteiger partial charge in [-0.15, -0.1) is 0 Å². The SMILES string of the molecule is C=C1CCC(N2C=CC(C)(C)C2)=C(C)C1=O. The van der Waals surface area contributed by atoms with Crippen molar-refractivity contribution in [2.75, 3.05) is 6.54 Å². The number of Topliss-reactive ketones (excluding diaryl/α,β-unsaturated/α-hetero) is 1. The van der Waals surface area contributed by atoms with Gasteiger partial charge in [0.15, 0.2) is 5.78 Å². The molecule has 86 valence electrons. The molecule has 1 heterocycles. The van der Waals surface area contributed by atoms with Crippen molar-refractivity contribution < 1.29 is 4.79 Å². The number of nitrogens with zero attached hydrogens (tertiary/aromatic N) is 1. The molecule has 0 atom stereocenters. The first-order chi connectivity index (χ1) is 7.41. The van der Waals surface area contributed by atoms with Crippen molar-refractivity contribution in [3.8, 4) is 0 Å². The molecule has 2 nitrogen and oxygen atoms in total. The molecular formula is C14H19NO. The van der Waals surface area contributed by atoms with E-state index in [1.807, 2.05) is 6.92 Å². The fourth-order valence-corrected chi connectivity index (χ4v) is 2.35. The van der Waals surface area contributed by atoms with Crippen LogP contribution in [0.15, 0.2) is 35.7 Å². The van der Waals surface area contributed by atoms with Gasteiger partial charge in [-0.2, -0.15) is 0 Å². The zero-order valence-corrected chi connectivity index (χ0v) is 10.3. The summed E-state index contributed by atoms with van der Waals surface area (Å²) in [6.45, 7) is 11.1. The molecule has 1 aliphatic carbocycles. The summed E-state index contributed by atoms with van der Waals surface area (Å²) in [5, 5.41) is 0. The molecule has 0 bridgehead atoms. The molecule has 2 heteroatoms. The van der Waals surface area contributed by atoms with Gasteiger partial charge in [-0.1, -0.05) is 26.5 Å². The second-order valence-electron chi connectivity index (χ2n) is 5.44.